The zero-order valence-electron chi connectivity index (χ0n) is 22.3. The zero-order chi connectivity index (χ0) is 28.6. The lowest BCUT2D eigenvalue weighted by Crippen LogP contribution is -2.39. The molecule has 40 heavy (non-hydrogen) atoms. The Hall–Kier alpha value is -4.70. The standard InChI is InChI=1S/C30H27N3O6S/c1-5-38-29(37)25-17(2)31-30-33(26(25)18-9-11-21(12-10-18)32(3)4)27(34)24(40-30)16-22-13-14-23(39-22)19-7-6-8-20(15-19)28(35)36/h6-16,26H,5H2,1-4H3,(H,35,36)/p-1/b24-16-/t26-/m1/s1. The summed E-state index contributed by atoms with van der Waals surface area (Å²) in [6, 6.07) is 16.6. The molecule has 0 aliphatic carbocycles. The molecule has 0 amide bonds. The Balaban J connectivity index is 1.61. The van der Waals surface area contributed by atoms with Crippen LogP contribution >= 0.6 is 11.3 Å². The Morgan fingerprint density at radius 3 is 2.58 bits per heavy atom. The highest BCUT2D eigenvalue weighted by Crippen LogP contribution is 2.31. The first-order valence-electron chi connectivity index (χ1n) is 12.6. The molecule has 1 atom stereocenters. The van der Waals surface area contributed by atoms with E-state index in [1.54, 1.807) is 44.2 Å². The van der Waals surface area contributed by atoms with Gasteiger partial charge in [-0.15, -0.1) is 0 Å². The molecule has 0 saturated carbocycles. The van der Waals surface area contributed by atoms with E-state index >= 15 is 0 Å². The first-order chi connectivity index (χ1) is 19.2. The number of hydrogen-bond acceptors (Lipinski definition) is 9. The van der Waals surface area contributed by atoms with Crippen LogP contribution in [0.5, 0.6) is 0 Å². The van der Waals surface area contributed by atoms with Crippen LogP contribution in [-0.4, -0.2) is 37.2 Å². The number of carboxylic acid groups (broad SMARTS) is 1. The van der Waals surface area contributed by atoms with Gasteiger partial charge in [-0.3, -0.25) is 9.36 Å². The van der Waals surface area contributed by atoms with Crippen LogP contribution < -0.4 is 24.9 Å². The maximum absolute atomic E-state index is 13.8. The lowest BCUT2D eigenvalue weighted by molar-refractivity contribution is -0.255. The molecular formula is C30H26N3O6S-. The predicted molar refractivity (Wildman–Crippen MR) is 150 cm³/mol. The molecule has 5 rings (SSSR count). The summed E-state index contributed by atoms with van der Waals surface area (Å²) >= 11 is 1.19. The first kappa shape index (κ1) is 26.9. The highest BCUT2D eigenvalue weighted by atomic mass is 32.1. The number of aromatic nitrogens is 1. The number of aromatic carboxylic acids is 1. The number of carbonyl (C=O) groups excluding carboxylic acids is 2. The lowest BCUT2D eigenvalue weighted by atomic mass is 9.95. The van der Waals surface area contributed by atoms with Crippen LogP contribution in [0, 0.1) is 0 Å². The van der Waals surface area contributed by atoms with Crippen molar-refractivity contribution in [2.45, 2.75) is 19.9 Å². The van der Waals surface area contributed by atoms with Crippen molar-refractivity contribution >= 4 is 35.0 Å². The molecule has 9 nitrogen and oxygen atoms in total. The molecule has 10 heteroatoms. The number of fused-ring (bicyclic) bond motifs is 1. The fraction of sp³-hybridized carbons (Fsp3) is 0.200. The fourth-order valence-electron chi connectivity index (χ4n) is 4.58. The number of nitrogens with zero attached hydrogens (tertiary/aromatic N) is 3. The number of benzene rings is 2. The number of thiazole rings is 1. The molecule has 4 aromatic rings. The van der Waals surface area contributed by atoms with Crippen molar-refractivity contribution < 1.29 is 23.8 Å². The van der Waals surface area contributed by atoms with Gasteiger partial charge in [0.05, 0.1) is 34.4 Å². The number of esters is 1. The molecule has 0 bridgehead atoms. The molecule has 3 heterocycles. The molecule has 2 aromatic carbocycles. The van der Waals surface area contributed by atoms with Crippen molar-refractivity contribution in [2.75, 3.05) is 25.6 Å². The second-order valence-corrected chi connectivity index (χ2v) is 10.4. The van der Waals surface area contributed by atoms with Gasteiger partial charge in [0.2, 0.25) is 0 Å². The topological polar surface area (TPSA) is 117 Å². The molecular weight excluding hydrogens is 530 g/mol. The lowest BCUT2D eigenvalue weighted by Gasteiger charge is -2.25. The minimum absolute atomic E-state index is 0.0372. The molecule has 0 spiro atoms. The monoisotopic (exact) mass is 556 g/mol. The number of ether oxygens (including phenoxy) is 1. The van der Waals surface area contributed by atoms with Crippen LogP contribution in [0.2, 0.25) is 0 Å². The molecule has 1 aliphatic heterocycles. The number of hydrogen-bond donors (Lipinski definition) is 0. The maximum atomic E-state index is 13.8. The quantitative estimate of drug-likeness (QED) is 0.321. The van der Waals surface area contributed by atoms with E-state index in [2.05, 4.69) is 4.99 Å². The maximum Gasteiger partial charge on any atom is 0.338 e. The van der Waals surface area contributed by atoms with E-state index in [9.17, 15) is 19.5 Å². The van der Waals surface area contributed by atoms with Gasteiger partial charge in [-0.05, 0) is 55.3 Å². The third-order valence-electron chi connectivity index (χ3n) is 6.53. The number of rotatable bonds is 7. The van der Waals surface area contributed by atoms with E-state index in [0.29, 0.717) is 37.7 Å². The number of furan rings is 1. The van der Waals surface area contributed by atoms with Crippen molar-refractivity contribution in [3.63, 3.8) is 0 Å². The summed E-state index contributed by atoms with van der Waals surface area (Å²) in [6.45, 7) is 3.67. The van der Waals surface area contributed by atoms with E-state index in [4.69, 9.17) is 9.15 Å². The summed E-state index contributed by atoms with van der Waals surface area (Å²) in [7, 11) is 3.87. The van der Waals surface area contributed by atoms with Crippen LogP contribution in [-0.2, 0) is 9.53 Å². The molecule has 0 radical (unpaired) electrons. The fourth-order valence-corrected chi connectivity index (χ4v) is 5.60. The molecule has 2 aromatic heterocycles. The highest BCUT2D eigenvalue weighted by molar-refractivity contribution is 7.07. The number of carbonyl (C=O) groups is 2. The summed E-state index contributed by atoms with van der Waals surface area (Å²) in [5.74, 6) is -0.943. The largest absolute Gasteiger partial charge is 0.545 e. The molecule has 0 N–H and O–H groups in total. The van der Waals surface area contributed by atoms with Gasteiger partial charge >= 0.3 is 5.97 Å². The summed E-state index contributed by atoms with van der Waals surface area (Å²) in [6.07, 6.45) is 1.62. The smallest absolute Gasteiger partial charge is 0.338 e. The van der Waals surface area contributed by atoms with Gasteiger partial charge in [0, 0.05) is 31.4 Å². The molecule has 1 aliphatic rings. The van der Waals surface area contributed by atoms with Crippen LogP contribution in [0.1, 0.15) is 41.6 Å². The van der Waals surface area contributed by atoms with E-state index in [1.165, 1.54) is 28.0 Å². The second-order valence-electron chi connectivity index (χ2n) is 9.36. The van der Waals surface area contributed by atoms with Gasteiger partial charge in [0.1, 0.15) is 11.5 Å². The Labute approximate surface area is 233 Å². The van der Waals surface area contributed by atoms with Gasteiger partial charge in [0.15, 0.2) is 4.80 Å². The predicted octanol–water partition coefficient (Wildman–Crippen LogP) is 2.49. The van der Waals surface area contributed by atoms with Gasteiger partial charge in [0.25, 0.3) is 5.56 Å². The number of carboxylic acids is 1. The van der Waals surface area contributed by atoms with Crippen LogP contribution in [0.15, 0.2) is 86.1 Å². The normalized spacial score (nSPS) is 15.0. The number of anilines is 1. The summed E-state index contributed by atoms with van der Waals surface area (Å²) in [5.41, 5.74) is 2.81. The first-order valence-corrected chi connectivity index (χ1v) is 13.4. The Bertz CT molecular complexity index is 1830. The van der Waals surface area contributed by atoms with Crippen LogP contribution in [0.4, 0.5) is 5.69 Å². The van der Waals surface area contributed by atoms with E-state index in [-0.39, 0.29) is 17.7 Å². The summed E-state index contributed by atoms with van der Waals surface area (Å²) in [4.78, 5) is 45.1. The average molecular weight is 557 g/mol. The van der Waals surface area contributed by atoms with Crippen molar-refractivity contribution in [1.29, 1.82) is 0 Å². The third-order valence-corrected chi connectivity index (χ3v) is 7.51. The summed E-state index contributed by atoms with van der Waals surface area (Å²) in [5, 5.41) is 11.2. The minimum atomic E-state index is -1.28. The molecule has 0 saturated heterocycles. The van der Waals surface area contributed by atoms with E-state index < -0.39 is 18.0 Å². The molecule has 0 fully saturated rings. The molecule has 204 valence electrons. The highest BCUT2D eigenvalue weighted by Gasteiger charge is 2.33. The Morgan fingerprint density at radius 2 is 1.90 bits per heavy atom. The third kappa shape index (κ3) is 5.01. The van der Waals surface area contributed by atoms with Gasteiger partial charge in [-0.25, -0.2) is 9.79 Å². The Kier molecular flexibility index (Phi) is 7.27. The zero-order valence-corrected chi connectivity index (χ0v) is 23.2. The summed E-state index contributed by atoms with van der Waals surface area (Å²) < 4.78 is 13.2. The number of allylic oxidation sites excluding steroid dienone is 1. The average Bonchev–Trinajstić information content (AvgIpc) is 3.52. The minimum Gasteiger partial charge on any atom is -0.545 e. The van der Waals surface area contributed by atoms with E-state index in [1.807, 2.05) is 43.3 Å². The van der Waals surface area contributed by atoms with Crippen molar-refractivity contribution in [3.8, 4) is 11.3 Å². The SMILES string of the molecule is CCOC(=O)C1=C(C)N=c2s/c(=C\c3ccc(-c4cccc(C(=O)[O-])c4)o3)c(=O)n2[C@@H]1c1ccc(N(C)C)cc1. The van der Waals surface area contributed by atoms with Gasteiger partial charge < -0.3 is 24.0 Å². The van der Waals surface area contributed by atoms with Crippen LogP contribution in [0.25, 0.3) is 17.4 Å². The van der Waals surface area contributed by atoms with Gasteiger partial charge in [-0.2, -0.15) is 0 Å². The second kappa shape index (κ2) is 10.8. The van der Waals surface area contributed by atoms with Gasteiger partial charge in [-0.1, -0.05) is 41.7 Å². The molecule has 0 unspecified atom stereocenters. The van der Waals surface area contributed by atoms with Crippen molar-refractivity contribution in [1.82, 2.24) is 4.57 Å². The van der Waals surface area contributed by atoms with E-state index in [0.717, 1.165) is 11.3 Å². The van der Waals surface area contributed by atoms with Crippen molar-refractivity contribution in [2.24, 2.45) is 4.99 Å². The van der Waals surface area contributed by atoms with Crippen LogP contribution in [0.3, 0.4) is 0 Å². The van der Waals surface area contributed by atoms with Crippen molar-refractivity contribution in [3.05, 3.63) is 109 Å². The Morgan fingerprint density at radius 1 is 1.15 bits per heavy atom.